The van der Waals surface area contributed by atoms with Gasteiger partial charge in [0, 0.05) is 16.3 Å². The minimum atomic E-state index is -0.550. The molecule has 0 fully saturated rings. The predicted molar refractivity (Wildman–Crippen MR) is 107 cm³/mol. The number of Topliss-reactive ketones (excluding diaryl/α,β-unsaturated/α-hetero) is 1. The number of carbonyl (C=O) groups excluding carboxylic acids is 4. The number of rotatable bonds is 7. The van der Waals surface area contributed by atoms with Crippen LogP contribution in [0.5, 0.6) is 0 Å². The van der Waals surface area contributed by atoms with E-state index in [0.29, 0.717) is 16.3 Å². The highest BCUT2D eigenvalue weighted by molar-refractivity contribution is 6.36. The lowest BCUT2D eigenvalue weighted by atomic mass is 10.1. The fourth-order valence-corrected chi connectivity index (χ4v) is 2.69. The van der Waals surface area contributed by atoms with Crippen molar-refractivity contribution in [2.24, 2.45) is 0 Å². The Bertz CT molecular complexity index is 931. The van der Waals surface area contributed by atoms with Crippen LogP contribution in [0.1, 0.15) is 27.6 Å². The summed E-state index contributed by atoms with van der Waals surface area (Å²) in [5.74, 6) is -1.68. The fraction of sp³-hybridized carbons (Fsp3) is 0.158. The molecule has 146 valence electrons. The molecule has 0 atom stereocenters. The molecular formula is C19H17Cl2N3O4. The molecular weight excluding hydrogens is 405 g/mol. The van der Waals surface area contributed by atoms with Gasteiger partial charge < -0.3 is 16.0 Å². The van der Waals surface area contributed by atoms with Crippen molar-refractivity contribution < 1.29 is 19.2 Å². The third-order valence-corrected chi connectivity index (χ3v) is 4.13. The maximum Gasteiger partial charge on any atom is 0.253 e. The molecule has 0 bridgehead atoms. The van der Waals surface area contributed by atoms with E-state index in [9.17, 15) is 19.2 Å². The molecule has 7 nitrogen and oxygen atoms in total. The van der Waals surface area contributed by atoms with Crippen LogP contribution in [0.15, 0.2) is 42.5 Å². The number of carbonyl (C=O) groups is 4. The van der Waals surface area contributed by atoms with Crippen LogP contribution in [0.3, 0.4) is 0 Å². The van der Waals surface area contributed by atoms with Gasteiger partial charge in [-0.05, 0) is 37.3 Å². The Morgan fingerprint density at radius 3 is 2.29 bits per heavy atom. The Balaban J connectivity index is 1.79. The van der Waals surface area contributed by atoms with Crippen molar-refractivity contribution >= 4 is 52.4 Å². The highest BCUT2D eigenvalue weighted by Crippen LogP contribution is 2.20. The number of ketones is 1. The predicted octanol–water partition coefficient (Wildman–Crippen LogP) is 2.68. The quantitative estimate of drug-likeness (QED) is 0.597. The molecule has 0 saturated carbocycles. The fourth-order valence-electron chi connectivity index (χ4n) is 2.19. The minimum absolute atomic E-state index is 0.124. The normalized spacial score (nSPS) is 10.1. The minimum Gasteiger partial charge on any atom is -0.345 e. The zero-order chi connectivity index (χ0) is 20.7. The van der Waals surface area contributed by atoms with Crippen LogP contribution >= 0.6 is 23.2 Å². The molecule has 0 aliphatic rings. The summed E-state index contributed by atoms with van der Waals surface area (Å²) >= 11 is 11.7. The van der Waals surface area contributed by atoms with E-state index in [4.69, 9.17) is 23.2 Å². The van der Waals surface area contributed by atoms with Gasteiger partial charge in [-0.2, -0.15) is 0 Å². The van der Waals surface area contributed by atoms with Gasteiger partial charge in [-0.15, -0.1) is 0 Å². The molecule has 0 saturated heterocycles. The van der Waals surface area contributed by atoms with Crippen LogP contribution < -0.4 is 16.0 Å². The Labute approximate surface area is 171 Å². The standard InChI is InChI=1S/C19H17Cl2N3O4/c1-11(25)12-3-2-4-14(7-12)24-18(27)10-22-17(26)9-23-19(28)15-6-5-13(20)8-16(15)21/h2-8H,9-10H2,1H3,(H,22,26)(H,23,28)(H,24,27). The summed E-state index contributed by atoms with van der Waals surface area (Å²) in [6, 6.07) is 10.8. The maximum atomic E-state index is 12.0. The number of halogens is 2. The molecule has 0 spiro atoms. The number of benzene rings is 2. The topological polar surface area (TPSA) is 104 Å². The second-order valence-corrected chi connectivity index (χ2v) is 6.61. The van der Waals surface area contributed by atoms with Crippen LogP contribution in [0.4, 0.5) is 5.69 Å². The van der Waals surface area contributed by atoms with Crippen molar-refractivity contribution in [1.29, 1.82) is 0 Å². The van der Waals surface area contributed by atoms with E-state index in [1.54, 1.807) is 18.2 Å². The van der Waals surface area contributed by atoms with E-state index in [2.05, 4.69) is 16.0 Å². The van der Waals surface area contributed by atoms with Gasteiger partial charge in [0.2, 0.25) is 11.8 Å². The second kappa shape index (κ2) is 9.87. The summed E-state index contributed by atoms with van der Waals surface area (Å²) in [5.41, 5.74) is 1.09. The molecule has 9 heteroatoms. The van der Waals surface area contributed by atoms with Gasteiger partial charge in [-0.25, -0.2) is 0 Å². The lowest BCUT2D eigenvalue weighted by molar-refractivity contribution is -0.123. The molecule has 0 aromatic heterocycles. The van der Waals surface area contributed by atoms with Crippen LogP contribution in [-0.2, 0) is 9.59 Å². The molecule has 0 radical (unpaired) electrons. The van der Waals surface area contributed by atoms with E-state index < -0.39 is 17.7 Å². The lowest BCUT2D eigenvalue weighted by Gasteiger charge is -2.09. The molecule has 2 aromatic rings. The Morgan fingerprint density at radius 2 is 1.61 bits per heavy atom. The van der Waals surface area contributed by atoms with Crippen LogP contribution in [0.2, 0.25) is 10.0 Å². The van der Waals surface area contributed by atoms with Gasteiger partial charge in [0.05, 0.1) is 23.7 Å². The average molecular weight is 422 g/mol. The largest absolute Gasteiger partial charge is 0.345 e. The van der Waals surface area contributed by atoms with Gasteiger partial charge in [0.1, 0.15) is 0 Å². The third-order valence-electron chi connectivity index (χ3n) is 3.58. The number of anilines is 1. The van der Waals surface area contributed by atoms with Crippen molar-refractivity contribution in [3.8, 4) is 0 Å². The monoisotopic (exact) mass is 421 g/mol. The van der Waals surface area contributed by atoms with Crippen molar-refractivity contribution in [1.82, 2.24) is 10.6 Å². The molecule has 28 heavy (non-hydrogen) atoms. The number of hydrogen-bond donors (Lipinski definition) is 3. The SMILES string of the molecule is CC(=O)c1cccc(NC(=O)CNC(=O)CNC(=O)c2ccc(Cl)cc2Cl)c1. The summed E-state index contributed by atoms with van der Waals surface area (Å²) in [6.45, 7) is 0.804. The molecule has 3 amide bonds. The van der Waals surface area contributed by atoms with Gasteiger partial charge in [0.15, 0.2) is 5.78 Å². The zero-order valence-corrected chi connectivity index (χ0v) is 16.4. The Kier molecular flexibility index (Phi) is 7.54. The van der Waals surface area contributed by atoms with Crippen molar-refractivity contribution in [2.75, 3.05) is 18.4 Å². The van der Waals surface area contributed by atoms with Crippen LogP contribution in [-0.4, -0.2) is 36.6 Å². The summed E-state index contributed by atoms with van der Waals surface area (Å²) < 4.78 is 0. The maximum absolute atomic E-state index is 12.0. The average Bonchev–Trinajstić information content (AvgIpc) is 2.64. The zero-order valence-electron chi connectivity index (χ0n) is 14.8. The third kappa shape index (κ3) is 6.37. The first-order chi connectivity index (χ1) is 13.3. The van der Waals surface area contributed by atoms with Crippen molar-refractivity contribution in [2.45, 2.75) is 6.92 Å². The lowest BCUT2D eigenvalue weighted by Crippen LogP contribution is -2.40. The Hall–Kier alpha value is -2.90. The molecule has 2 rings (SSSR count). The molecule has 0 unspecified atom stereocenters. The van der Waals surface area contributed by atoms with E-state index in [0.717, 1.165) is 0 Å². The number of nitrogens with one attached hydrogen (secondary N) is 3. The summed E-state index contributed by atoms with van der Waals surface area (Å²) in [6.07, 6.45) is 0. The van der Waals surface area contributed by atoms with Gasteiger partial charge >= 0.3 is 0 Å². The molecule has 0 heterocycles. The Morgan fingerprint density at radius 1 is 0.893 bits per heavy atom. The molecule has 0 aliphatic heterocycles. The van der Waals surface area contributed by atoms with E-state index in [-0.39, 0.29) is 29.5 Å². The number of hydrogen-bond acceptors (Lipinski definition) is 4. The van der Waals surface area contributed by atoms with Crippen molar-refractivity contribution in [3.05, 3.63) is 63.6 Å². The highest BCUT2D eigenvalue weighted by atomic mass is 35.5. The second-order valence-electron chi connectivity index (χ2n) is 5.77. The highest BCUT2D eigenvalue weighted by Gasteiger charge is 2.13. The van der Waals surface area contributed by atoms with Crippen molar-refractivity contribution in [3.63, 3.8) is 0 Å². The van der Waals surface area contributed by atoms with Gasteiger partial charge in [-0.1, -0.05) is 35.3 Å². The molecule has 0 aliphatic carbocycles. The molecule has 2 aromatic carbocycles. The van der Waals surface area contributed by atoms with E-state index in [1.165, 1.54) is 31.2 Å². The number of amides is 3. The smallest absolute Gasteiger partial charge is 0.253 e. The first kappa shape index (κ1) is 21.4. The van der Waals surface area contributed by atoms with E-state index >= 15 is 0 Å². The van der Waals surface area contributed by atoms with Gasteiger partial charge in [0.25, 0.3) is 5.91 Å². The molecule has 3 N–H and O–H groups in total. The van der Waals surface area contributed by atoms with Crippen LogP contribution in [0, 0.1) is 0 Å². The first-order valence-corrected chi connectivity index (χ1v) is 8.92. The van der Waals surface area contributed by atoms with E-state index in [1.807, 2.05) is 0 Å². The van der Waals surface area contributed by atoms with Gasteiger partial charge in [-0.3, -0.25) is 19.2 Å². The summed E-state index contributed by atoms with van der Waals surface area (Å²) in [7, 11) is 0. The summed E-state index contributed by atoms with van der Waals surface area (Å²) in [5, 5.41) is 7.91. The van der Waals surface area contributed by atoms with Crippen LogP contribution in [0.25, 0.3) is 0 Å². The summed E-state index contributed by atoms with van der Waals surface area (Å²) in [4.78, 5) is 47.1. The first-order valence-electron chi connectivity index (χ1n) is 8.17.